The van der Waals surface area contributed by atoms with Gasteiger partial charge in [0.15, 0.2) is 0 Å². The summed E-state index contributed by atoms with van der Waals surface area (Å²) >= 11 is 0. The molecule has 114 valence electrons. The molecule has 0 saturated heterocycles. The van der Waals surface area contributed by atoms with Gasteiger partial charge in [0.25, 0.3) is 0 Å². The normalized spacial score (nSPS) is 12.8. The lowest BCUT2D eigenvalue weighted by atomic mass is 10.1. The van der Waals surface area contributed by atoms with Gasteiger partial charge >= 0.3 is 0 Å². The third-order valence-corrected chi connectivity index (χ3v) is 3.75. The predicted octanol–water partition coefficient (Wildman–Crippen LogP) is 4.18. The number of rotatable bonds is 4. The fourth-order valence-electron chi connectivity index (χ4n) is 2.42. The van der Waals surface area contributed by atoms with Gasteiger partial charge in [-0.1, -0.05) is 37.0 Å². The van der Waals surface area contributed by atoms with Gasteiger partial charge in [0.2, 0.25) is 0 Å². The predicted molar refractivity (Wildman–Crippen MR) is 93.8 cm³/mol. The molecule has 1 aliphatic rings. The Hall–Kier alpha value is -3.63. The zero-order valence-electron chi connectivity index (χ0n) is 13.0. The van der Waals surface area contributed by atoms with Gasteiger partial charge in [0.1, 0.15) is 11.9 Å². The van der Waals surface area contributed by atoms with Crippen molar-refractivity contribution in [1.82, 2.24) is 9.55 Å². The van der Waals surface area contributed by atoms with Crippen molar-refractivity contribution >= 4 is 11.6 Å². The number of pyridine rings is 1. The maximum atomic E-state index is 9.35. The van der Waals surface area contributed by atoms with E-state index in [0.717, 1.165) is 12.0 Å². The summed E-state index contributed by atoms with van der Waals surface area (Å²) in [5, 5.41) is 18.3. The SMILES string of the molecule is C=C(C#N)c1ccnc(-n2cc(C#N)c(/C=C/C3=CC=CC3)c2)c1. The lowest BCUT2D eigenvalue weighted by molar-refractivity contribution is 1.00. The van der Waals surface area contributed by atoms with E-state index < -0.39 is 0 Å². The highest BCUT2D eigenvalue weighted by atomic mass is 15.0. The Kier molecular flexibility index (Phi) is 4.23. The van der Waals surface area contributed by atoms with Crippen LogP contribution in [0.1, 0.15) is 23.1 Å². The van der Waals surface area contributed by atoms with Crippen LogP contribution in [0.3, 0.4) is 0 Å². The highest BCUT2D eigenvalue weighted by molar-refractivity contribution is 5.75. The highest BCUT2D eigenvalue weighted by Gasteiger charge is 2.08. The number of hydrogen-bond acceptors (Lipinski definition) is 3. The first-order valence-corrected chi connectivity index (χ1v) is 7.43. The molecular weight excluding hydrogens is 296 g/mol. The van der Waals surface area contributed by atoms with E-state index in [1.54, 1.807) is 29.1 Å². The summed E-state index contributed by atoms with van der Waals surface area (Å²) in [6.45, 7) is 3.72. The van der Waals surface area contributed by atoms with Gasteiger partial charge < -0.3 is 4.57 Å². The quantitative estimate of drug-likeness (QED) is 0.796. The second-order valence-corrected chi connectivity index (χ2v) is 5.35. The number of nitrogens with zero attached hydrogens (tertiary/aromatic N) is 4. The Morgan fingerprint density at radius 1 is 1.29 bits per heavy atom. The smallest absolute Gasteiger partial charge is 0.137 e. The van der Waals surface area contributed by atoms with Crippen molar-refractivity contribution in [2.24, 2.45) is 0 Å². The Morgan fingerprint density at radius 3 is 2.88 bits per heavy atom. The minimum absolute atomic E-state index is 0.382. The van der Waals surface area contributed by atoms with Gasteiger partial charge in [-0.25, -0.2) is 4.98 Å². The summed E-state index contributed by atoms with van der Waals surface area (Å²) in [7, 11) is 0. The van der Waals surface area contributed by atoms with Crippen LogP contribution >= 0.6 is 0 Å². The molecule has 2 aromatic rings. The molecule has 0 saturated carbocycles. The van der Waals surface area contributed by atoms with Crippen molar-refractivity contribution in [3.8, 4) is 18.0 Å². The van der Waals surface area contributed by atoms with Crippen LogP contribution in [0.5, 0.6) is 0 Å². The summed E-state index contributed by atoms with van der Waals surface area (Å²) in [5.41, 5.74) is 3.71. The molecule has 24 heavy (non-hydrogen) atoms. The van der Waals surface area contributed by atoms with Crippen LogP contribution in [0, 0.1) is 22.7 Å². The molecule has 0 N–H and O–H groups in total. The average Bonchev–Trinajstić information content (AvgIpc) is 3.28. The van der Waals surface area contributed by atoms with Crippen molar-refractivity contribution in [2.45, 2.75) is 6.42 Å². The molecule has 0 aliphatic heterocycles. The number of hydrogen-bond donors (Lipinski definition) is 0. The molecule has 2 aromatic heterocycles. The van der Waals surface area contributed by atoms with E-state index in [9.17, 15) is 5.26 Å². The molecule has 0 bridgehead atoms. The third-order valence-electron chi connectivity index (χ3n) is 3.75. The monoisotopic (exact) mass is 310 g/mol. The molecule has 4 heteroatoms. The Bertz CT molecular complexity index is 972. The molecule has 1 aliphatic carbocycles. The molecule has 0 radical (unpaired) electrons. The maximum absolute atomic E-state index is 9.35. The fraction of sp³-hybridized carbons (Fsp3) is 0.0500. The van der Waals surface area contributed by atoms with Crippen LogP contribution in [0.25, 0.3) is 17.5 Å². The van der Waals surface area contributed by atoms with Crippen LogP contribution in [0.2, 0.25) is 0 Å². The van der Waals surface area contributed by atoms with Gasteiger partial charge in [-0.3, -0.25) is 0 Å². The second-order valence-electron chi connectivity index (χ2n) is 5.35. The minimum atomic E-state index is 0.382. The minimum Gasteiger partial charge on any atom is -0.307 e. The molecular formula is C20H14N4. The summed E-state index contributed by atoms with van der Waals surface area (Å²) in [6.07, 6.45) is 16.3. The first-order valence-electron chi connectivity index (χ1n) is 7.43. The van der Waals surface area contributed by atoms with E-state index >= 15 is 0 Å². The standard InChI is InChI=1S/C20H14N4/c1-15(11-21)17-8-9-23-20(10-17)24-13-18(19(12-22)14-24)7-6-16-4-2-3-5-16/h2-4,6-10,13-14H,1,5H2/b7-6+. The van der Waals surface area contributed by atoms with Crippen molar-refractivity contribution in [1.29, 1.82) is 10.5 Å². The van der Waals surface area contributed by atoms with E-state index in [0.29, 0.717) is 22.5 Å². The lowest BCUT2D eigenvalue weighted by Gasteiger charge is -2.03. The Labute approximate surface area is 140 Å². The van der Waals surface area contributed by atoms with Crippen LogP contribution in [-0.4, -0.2) is 9.55 Å². The topological polar surface area (TPSA) is 65.4 Å². The van der Waals surface area contributed by atoms with Crippen LogP contribution in [0.15, 0.2) is 67.2 Å². The molecule has 4 nitrogen and oxygen atoms in total. The first kappa shape index (κ1) is 15.3. The Balaban J connectivity index is 1.94. The van der Waals surface area contributed by atoms with E-state index in [1.165, 1.54) is 5.57 Å². The molecule has 0 fully saturated rings. The number of aromatic nitrogens is 2. The zero-order valence-corrected chi connectivity index (χ0v) is 13.0. The lowest BCUT2D eigenvalue weighted by Crippen LogP contribution is -1.95. The third kappa shape index (κ3) is 3.09. The molecule has 2 heterocycles. The molecule has 0 aromatic carbocycles. The van der Waals surface area contributed by atoms with E-state index in [4.69, 9.17) is 5.26 Å². The largest absolute Gasteiger partial charge is 0.307 e. The van der Waals surface area contributed by atoms with Crippen molar-refractivity contribution in [3.63, 3.8) is 0 Å². The van der Waals surface area contributed by atoms with Gasteiger partial charge in [-0.05, 0) is 29.7 Å². The number of allylic oxidation sites excluding steroid dienone is 6. The second kappa shape index (κ2) is 6.64. The van der Waals surface area contributed by atoms with Crippen molar-refractivity contribution in [3.05, 3.63) is 83.9 Å². The summed E-state index contributed by atoms with van der Waals surface area (Å²) in [4.78, 5) is 4.31. The molecule has 3 rings (SSSR count). The van der Waals surface area contributed by atoms with Gasteiger partial charge in [-0.15, -0.1) is 0 Å². The van der Waals surface area contributed by atoms with E-state index in [-0.39, 0.29) is 0 Å². The van der Waals surface area contributed by atoms with Gasteiger partial charge in [-0.2, -0.15) is 10.5 Å². The molecule has 0 atom stereocenters. The van der Waals surface area contributed by atoms with Crippen LogP contribution in [-0.2, 0) is 0 Å². The fourth-order valence-corrected chi connectivity index (χ4v) is 2.42. The Morgan fingerprint density at radius 2 is 2.17 bits per heavy atom. The highest BCUT2D eigenvalue weighted by Crippen LogP contribution is 2.20. The van der Waals surface area contributed by atoms with E-state index in [2.05, 4.69) is 29.8 Å². The van der Waals surface area contributed by atoms with Crippen molar-refractivity contribution < 1.29 is 0 Å². The average molecular weight is 310 g/mol. The van der Waals surface area contributed by atoms with Gasteiger partial charge in [0.05, 0.1) is 17.2 Å². The van der Waals surface area contributed by atoms with Crippen LogP contribution in [0.4, 0.5) is 0 Å². The summed E-state index contributed by atoms with van der Waals surface area (Å²) in [5.74, 6) is 0.641. The molecule has 0 amide bonds. The number of nitriles is 2. The van der Waals surface area contributed by atoms with Crippen LogP contribution < -0.4 is 0 Å². The first-order chi connectivity index (χ1) is 11.7. The zero-order chi connectivity index (χ0) is 16.9. The van der Waals surface area contributed by atoms with Crippen molar-refractivity contribution in [2.75, 3.05) is 0 Å². The molecule has 0 spiro atoms. The maximum Gasteiger partial charge on any atom is 0.137 e. The van der Waals surface area contributed by atoms with E-state index in [1.807, 2.05) is 30.5 Å². The summed E-state index contributed by atoms with van der Waals surface area (Å²) < 4.78 is 1.79. The van der Waals surface area contributed by atoms with Gasteiger partial charge in [0, 0.05) is 24.2 Å². The summed E-state index contributed by atoms with van der Waals surface area (Å²) in [6, 6.07) is 7.76. The molecule has 0 unspecified atom stereocenters.